The molecule has 5 nitrogen and oxygen atoms in total. The van der Waals surface area contributed by atoms with Crippen molar-refractivity contribution in [3.05, 3.63) is 39.3 Å². The van der Waals surface area contributed by atoms with E-state index < -0.39 is 0 Å². The Morgan fingerprint density at radius 1 is 1.45 bits per heavy atom. The zero-order valence-corrected chi connectivity index (χ0v) is 13.3. The second kappa shape index (κ2) is 7.47. The van der Waals surface area contributed by atoms with Crippen LogP contribution in [0.15, 0.2) is 28.7 Å². The highest BCUT2D eigenvalue weighted by atomic mass is 79.9. The van der Waals surface area contributed by atoms with Crippen molar-refractivity contribution in [2.45, 2.75) is 13.3 Å². The number of aromatic nitrogens is 2. The number of amides is 1. The Balaban J connectivity index is 1.94. The normalized spacial score (nSPS) is 10.5. The highest BCUT2D eigenvalue weighted by molar-refractivity contribution is 9.10. The van der Waals surface area contributed by atoms with Crippen LogP contribution in [0.1, 0.15) is 22.3 Å². The second-order valence-corrected chi connectivity index (χ2v) is 5.89. The third-order valence-corrected chi connectivity index (χ3v) is 3.83. The summed E-state index contributed by atoms with van der Waals surface area (Å²) in [5.41, 5.74) is 0.574. The van der Waals surface area contributed by atoms with Crippen LogP contribution in [0, 0.1) is 0 Å². The van der Waals surface area contributed by atoms with E-state index in [9.17, 15) is 4.79 Å². The molecule has 0 saturated heterocycles. The lowest BCUT2D eigenvalue weighted by molar-refractivity contribution is 0.102. The van der Waals surface area contributed by atoms with E-state index in [-0.39, 0.29) is 5.91 Å². The molecule has 1 N–H and O–H groups in total. The number of nitrogens with one attached hydrogen (secondary N) is 1. The lowest BCUT2D eigenvalue weighted by Gasteiger charge is -2.01. The van der Waals surface area contributed by atoms with Crippen LogP contribution in [0.3, 0.4) is 0 Å². The van der Waals surface area contributed by atoms with Crippen molar-refractivity contribution in [3.63, 3.8) is 0 Å². The zero-order valence-electron chi connectivity index (χ0n) is 10.9. The van der Waals surface area contributed by atoms with E-state index in [2.05, 4.69) is 31.4 Å². The van der Waals surface area contributed by atoms with Crippen LogP contribution in [0.25, 0.3) is 0 Å². The van der Waals surface area contributed by atoms with Crippen LogP contribution >= 0.6 is 27.3 Å². The summed E-state index contributed by atoms with van der Waals surface area (Å²) in [6.45, 7) is 3.25. The topological polar surface area (TPSA) is 64.1 Å². The van der Waals surface area contributed by atoms with Crippen molar-refractivity contribution >= 4 is 38.3 Å². The van der Waals surface area contributed by atoms with Crippen molar-refractivity contribution in [3.8, 4) is 0 Å². The summed E-state index contributed by atoms with van der Waals surface area (Å²) < 4.78 is 6.12. The van der Waals surface area contributed by atoms with E-state index in [4.69, 9.17) is 4.74 Å². The molecule has 0 fully saturated rings. The summed E-state index contributed by atoms with van der Waals surface area (Å²) in [6, 6.07) is 7.18. The molecule has 0 radical (unpaired) electrons. The Hall–Kier alpha value is -1.31. The molecule has 106 valence electrons. The second-order valence-electron chi connectivity index (χ2n) is 3.91. The first-order valence-corrected chi connectivity index (χ1v) is 7.77. The maximum absolute atomic E-state index is 12.0. The van der Waals surface area contributed by atoms with Gasteiger partial charge in [-0.2, -0.15) is 0 Å². The smallest absolute Gasteiger partial charge is 0.257 e. The number of anilines is 1. The largest absolute Gasteiger partial charge is 0.381 e. The predicted molar refractivity (Wildman–Crippen MR) is 82.2 cm³/mol. The fourth-order valence-corrected chi connectivity index (χ4v) is 2.62. The number of carbonyl (C=O) groups excluding carboxylic acids is 1. The van der Waals surface area contributed by atoms with Gasteiger partial charge < -0.3 is 4.74 Å². The molecule has 0 aliphatic carbocycles. The first-order chi connectivity index (χ1) is 9.69. The monoisotopic (exact) mass is 355 g/mol. The Labute approximate surface area is 129 Å². The van der Waals surface area contributed by atoms with Gasteiger partial charge in [0.15, 0.2) is 0 Å². The van der Waals surface area contributed by atoms with Crippen LogP contribution in [0.5, 0.6) is 0 Å². The van der Waals surface area contributed by atoms with Gasteiger partial charge in [-0.1, -0.05) is 33.3 Å². The Kier molecular flexibility index (Phi) is 5.63. The van der Waals surface area contributed by atoms with E-state index >= 15 is 0 Å². The quantitative estimate of drug-likeness (QED) is 0.808. The van der Waals surface area contributed by atoms with Gasteiger partial charge in [0.2, 0.25) is 5.13 Å². The molecule has 1 heterocycles. The Bertz CT molecular complexity index is 589. The molecule has 0 spiro atoms. The van der Waals surface area contributed by atoms with Gasteiger partial charge in [0.1, 0.15) is 5.01 Å². The summed E-state index contributed by atoms with van der Waals surface area (Å²) in [6.07, 6.45) is 0.707. The van der Waals surface area contributed by atoms with E-state index in [1.807, 2.05) is 19.1 Å². The molecule has 2 aromatic rings. The lowest BCUT2D eigenvalue weighted by Crippen LogP contribution is -2.11. The molecular formula is C13H14BrN3O2S. The van der Waals surface area contributed by atoms with Gasteiger partial charge >= 0.3 is 0 Å². The number of benzene rings is 1. The van der Waals surface area contributed by atoms with Gasteiger partial charge in [-0.25, -0.2) is 0 Å². The molecule has 2 rings (SSSR count). The number of nitrogens with zero attached hydrogens (tertiary/aromatic N) is 2. The zero-order chi connectivity index (χ0) is 14.4. The van der Waals surface area contributed by atoms with Gasteiger partial charge in [0, 0.05) is 23.1 Å². The first kappa shape index (κ1) is 15.1. The predicted octanol–water partition coefficient (Wildman–Crippen LogP) is 3.13. The molecule has 0 aliphatic rings. The number of halogens is 1. The molecule has 7 heteroatoms. The average Bonchev–Trinajstić information content (AvgIpc) is 2.86. The van der Waals surface area contributed by atoms with E-state index in [1.165, 1.54) is 11.3 Å². The third-order valence-electron chi connectivity index (χ3n) is 2.44. The van der Waals surface area contributed by atoms with Crippen molar-refractivity contribution < 1.29 is 9.53 Å². The Morgan fingerprint density at radius 3 is 3.05 bits per heavy atom. The highest BCUT2D eigenvalue weighted by Gasteiger charge is 2.10. The minimum Gasteiger partial charge on any atom is -0.381 e. The summed E-state index contributed by atoms with van der Waals surface area (Å²) in [4.78, 5) is 12.0. The van der Waals surface area contributed by atoms with Crippen molar-refractivity contribution in [1.29, 1.82) is 0 Å². The van der Waals surface area contributed by atoms with Crippen molar-refractivity contribution in [2.75, 3.05) is 18.5 Å². The summed E-state index contributed by atoms with van der Waals surface area (Å²) in [7, 11) is 0. The maximum atomic E-state index is 12.0. The molecule has 1 amide bonds. The maximum Gasteiger partial charge on any atom is 0.257 e. The molecular weight excluding hydrogens is 342 g/mol. The minimum absolute atomic E-state index is 0.196. The number of carbonyl (C=O) groups is 1. The van der Waals surface area contributed by atoms with Crippen LogP contribution in [0.4, 0.5) is 5.13 Å². The fourth-order valence-electron chi connectivity index (χ4n) is 1.51. The Morgan fingerprint density at radius 2 is 2.30 bits per heavy atom. The molecule has 0 aliphatic heterocycles. The number of hydrogen-bond donors (Lipinski definition) is 1. The lowest BCUT2D eigenvalue weighted by atomic mass is 10.2. The summed E-state index contributed by atoms with van der Waals surface area (Å²) in [5, 5.41) is 12.1. The van der Waals surface area contributed by atoms with E-state index in [1.54, 1.807) is 12.1 Å². The van der Waals surface area contributed by atoms with Gasteiger partial charge in [0.05, 0.1) is 6.61 Å². The molecule has 20 heavy (non-hydrogen) atoms. The molecule has 0 saturated carbocycles. The first-order valence-electron chi connectivity index (χ1n) is 6.16. The van der Waals surface area contributed by atoms with Gasteiger partial charge in [-0.3, -0.25) is 10.1 Å². The average molecular weight is 356 g/mol. The molecule has 0 atom stereocenters. The molecule has 1 aromatic heterocycles. The minimum atomic E-state index is -0.196. The van der Waals surface area contributed by atoms with E-state index in [0.717, 1.165) is 9.48 Å². The van der Waals surface area contributed by atoms with Crippen molar-refractivity contribution in [1.82, 2.24) is 10.2 Å². The summed E-state index contributed by atoms with van der Waals surface area (Å²) >= 11 is 4.70. The third kappa shape index (κ3) is 4.36. The van der Waals surface area contributed by atoms with Crippen LogP contribution in [-0.2, 0) is 11.2 Å². The van der Waals surface area contributed by atoms with Crippen LogP contribution in [-0.4, -0.2) is 29.3 Å². The highest BCUT2D eigenvalue weighted by Crippen LogP contribution is 2.18. The molecule has 0 bridgehead atoms. The van der Waals surface area contributed by atoms with Crippen LogP contribution in [0.2, 0.25) is 0 Å². The van der Waals surface area contributed by atoms with Crippen LogP contribution < -0.4 is 5.32 Å². The van der Waals surface area contributed by atoms with Gasteiger partial charge in [-0.05, 0) is 25.1 Å². The number of rotatable bonds is 6. The SMILES string of the molecule is CCOCCc1nnc(NC(=O)c2cccc(Br)c2)s1. The molecule has 0 unspecified atom stereocenters. The summed E-state index contributed by atoms with van der Waals surface area (Å²) in [5.74, 6) is -0.196. The van der Waals surface area contributed by atoms with Gasteiger partial charge in [0.25, 0.3) is 5.91 Å². The number of hydrogen-bond acceptors (Lipinski definition) is 5. The van der Waals surface area contributed by atoms with E-state index in [0.29, 0.717) is 30.3 Å². The fraction of sp³-hybridized carbons (Fsp3) is 0.308. The standard InChI is InChI=1S/C13H14BrN3O2S/c1-2-19-7-6-11-16-17-13(20-11)15-12(18)9-4-3-5-10(14)8-9/h3-5,8H,2,6-7H2,1H3,(H,15,17,18). The van der Waals surface area contributed by atoms with Gasteiger partial charge in [-0.15, -0.1) is 10.2 Å². The molecule has 1 aromatic carbocycles. The van der Waals surface area contributed by atoms with Crippen molar-refractivity contribution in [2.24, 2.45) is 0 Å². The number of ether oxygens (including phenoxy) is 1.